The van der Waals surface area contributed by atoms with Gasteiger partial charge in [0.2, 0.25) is 5.91 Å². The van der Waals surface area contributed by atoms with Crippen molar-refractivity contribution < 1.29 is 14.3 Å². The molecule has 2 heterocycles. The van der Waals surface area contributed by atoms with Crippen LogP contribution in [0.2, 0.25) is 0 Å². The summed E-state index contributed by atoms with van der Waals surface area (Å²) in [7, 11) is 0. The minimum absolute atomic E-state index is 0.0992. The van der Waals surface area contributed by atoms with Gasteiger partial charge in [0.05, 0.1) is 25.3 Å². The molecule has 144 valence electrons. The summed E-state index contributed by atoms with van der Waals surface area (Å²) in [6, 6.07) is 9.69. The Morgan fingerprint density at radius 2 is 2.15 bits per heavy atom. The molecule has 0 aliphatic carbocycles. The van der Waals surface area contributed by atoms with Crippen LogP contribution in [0.1, 0.15) is 25.3 Å². The van der Waals surface area contributed by atoms with Gasteiger partial charge in [-0.15, -0.1) is 0 Å². The van der Waals surface area contributed by atoms with Crippen molar-refractivity contribution in [1.82, 2.24) is 14.7 Å². The number of halogens is 1. The second-order valence-corrected chi connectivity index (χ2v) is 7.29. The van der Waals surface area contributed by atoms with Crippen molar-refractivity contribution in [2.45, 2.75) is 26.3 Å². The van der Waals surface area contributed by atoms with Gasteiger partial charge in [0.25, 0.3) is 0 Å². The monoisotopic (exact) mass is 434 g/mol. The van der Waals surface area contributed by atoms with Gasteiger partial charge in [0.15, 0.2) is 0 Å². The first-order valence-corrected chi connectivity index (χ1v) is 9.85. The Bertz CT molecular complexity index is 808. The van der Waals surface area contributed by atoms with Gasteiger partial charge in [-0.3, -0.25) is 4.79 Å². The smallest absolute Gasteiger partial charge is 0.409 e. The first kappa shape index (κ1) is 19.4. The Hall–Kier alpha value is -2.35. The number of nitrogens with zero attached hydrogens (tertiary/aromatic N) is 3. The first-order valence-electron chi connectivity index (χ1n) is 9.06. The third-order valence-corrected chi connectivity index (χ3v) is 5.34. The van der Waals surface area contributed by atoms with Gasteiger partial charge >= 0.3 is 6.09 Å². The Morgan fingerprint density at radius 1 is 1.33 bits per heavy atom. The molecule has 1 aliphatic heterocycles. The third-order valence-electron chi connectivity index (χ3n) is 4.56. The Kier molecular flexibility index (Phi) is 6.49. The van der Waals surface area contributed by atoms with E-state index in [-0.39, 0.29) is 17.9 Å². The van der Waals surface area contributed by atoms with Crippen LogP contribution in [-0.4, -0.2) is 46.4 Å². The van der Waals surface area contributed by atoms with E-state index < -0.39 is 0 Å². The average Bonchev–Trinajstić information content (AvgIpc) is 3.10. The van der Waals surface area contributed by atoms with Crippen molar-refractivity contribution in [3.8, 4) is 0 Å². The number of ether oxygens (including phenoxy) is 1. The lowest BCUT2D eigenvalue weighted by Gasteiger charge is -2.31. The molecule has 1 aliphatic rings. The SMILES string of the molecule is CCOC(=O)N1CCCC(C(=O)Nc2ccnn2Cc2ccccc2Br)C1. The predicted octanol–water partition coefficient (Wildman–Crippen LogP) is 3.50. The number of benzene rings is 1. The molecule has 3 rings (SSSR count). The first-order chi connectivity index (χ1) is 13.1. The maximum absolute atomic E-state index is 12.7. The van der Waals surface area contributed by atoms with E-state index in [2.05, 4.69) is 26.3 Å². The molecule has 1 aromatic heterocycles. The summed E-state index contributed by atoms with van der Waals surface area (Å²) in [4.78, 5) is 26.3. The second kappa shape index (κ2) is 9.03. The molecule has 1 saturated heterocycles. The van der Waals surface area contributed by atoms with Gasteiger partial charge in [-0.1, -0.05) is 34.1 Å². The topological polar surface area (TPSA) is 76.5 Å². The van der Waals surface area contributed by atoms with E-state index in [4.69, 9.17) is 4.74 Å². The molecule has 2 aromatic rings. The minimum Gasteiger partial charge on any atom is -0.450 e. The number of piperidine rings is 1. The fourth-order valence-corrected chi connectivity index (χ4v) is 3.56. The Labute approximate surface area is 166 Å². The predicted molar refractivity (Wildman–Crippen MR) is 105 cm³/mol. The molecule has 1 fully saturated rings. The largest absolute Gasteiger partial charge is 0.450 e. The number of rotatable bonds is 5. The lowest BCUT2D eigenvalue weighted by Crippen LogP contribution is -2.44. The van der Waals surface area contributed by atoms with Crippen LogP contribution < -0.4 is 5.32 Å². The Balaban J connectivity index is 1.64. The maximum atomic E-state index is 12.7. The number of hydrogen-bond donors (Lipinski definition) is 1. The summed E-state index contributed by atoms with van der Waals surface area (Å²) in [5.41, 5.74) is 1.07. The minimum atomic E-state index is -0.353. The number of amides is 2. The van der Waals surface area contributed by atoms with Crippen LogP contribution in [0.4, 0.5) is 10.6 Å². The molecule has 0 saturated carbocycles. The molecular formula is C19H23BrN4O3. The molecule has 8 heteroatoms. The number of hydrogen-bond acceptors (Lipinski definition) is 4. The lowest BCUT2D eigenvalue weighted by atomic mass is 9.97. The summed E-state index contributed by atoms with van der Waals surface area (Å²) in [6.07, 6.45) is 2.85. The second-order valence-electron chi connectivity index (χ2n) is 6.44. The summed E-state index contributed by atoms with van der Waals surface area (Å²) >= 11 is 3.54. The molecule has 27 heavy (non-hydrogen) atoms. The highest BCUT2D eigenvalue weighted by atomic mass is 79.9. The molecule has 0 spiro atoms. The Morgan fingerprint density at radius 3 is 2.93 bits per heavy atom. The highest BCUT2D eigenvalue weighted by molar-refractivity contribution is 9.10. The number of carbonyl (C=O) groups is 2. The van der Waals surface area contributed by atoms with E-state index in [0.717, 1.165) is 22.9 Å². The van der Waals surface area contributed by atoms with E-state index in [1.54, 1.807) is 28.8 Å². The van der Waals surface area contributed by atoms with Gasteiger partial charge in [-0.25, -0.2) is 9.48 Å². The zero-order chi connectivity index (χ0) is 19.2. The maximum Gasteiger partial charge on any atom is 0.409 e. The molecule has 1 unspecified atom stereocenters. The van der Waals surface area contributed by atoms with E-state index in [1.165, 1.54) is 0 Å². The molecule has 0 bridgehead atoms. The normalized spacial score (nSPS) is 16.8. The van der Waals surface area contributed by atoms with Crippen LogP contribution in [0.25, 0.3) is 0 Å². The summed E-state index contributed by atoms with van der Waals surface area (Å²) in [6.45, 7) is 3.66. The fraction of sp³-hybridized carbons (Fsp3) is 0.421. The zero-order valence-electron chi connectivity index (χ0n) is 15.2. The fourth-order valence-electron chi connectivity index (χ4n) is 3.15. The van der Waals surface area contributed by atoms with Crippen LogP contribution >= 0.6 is 15.9 Å². The van der Waals surface area contributed by atoms with Gasteiger partial charge in [-0.2, -0.15) is 5.10 Å². The molecular weight excluding hydrogens is 412 g/mol. The van der Waals surface area contributed by atoms with Crippen molar-refractivity contribution in [2.75, 3.05) is 25.0 Å². The highest BCUT2D eigenvalue weighted by Crippen LogP contribution is 2.21. The number of aromatic nitrogens is 2. The summed E-state index contributed by atoms with van der Waals surface area (Å²) < 4.78 is 7.80. The molecule has 0 radical (unpaired) electrons. The third kappa shape index (κ3) is 4.88. The van der Waals surface area contributed by atoms with E-state index in [0.29, 0.717) is 32.1 Å². The lowest BCUT2D eigenvalue weighted by molar-refractivity contribution is -0.121. The van der Waals surface area contributed by atoms with E-state index in [1.807, 2.05) is 24.3 Å². The number of carbonyl (C=O) groups excluding carboxylic acids is 2. The van der Waals surface area contributed by atoms with Crippen molar-refractivity contribution in [2.24, 2.45) is 5.92 Å². The van der Waals surface area contributed by atoms with Gasteiger partial charge in [0, 0.05) is 23.6 Å². The molecule has 2 amide bonds. The van der Waals surface area contributed by atoms with Crippen LogP contribution in [0, 0.1) is 5.92 Å². The zero-order valence-corrected chi connectivity index (χ0v) is 16.8. The van der Waals surface area contributed by atoms with Crippen LogP contribution in [0.5, 0.6) is 0 Å². The average molecular weight is 435 g/mol. The quantitative estimate of drug-likeness (QED) is 0.780. The van der Waals surface area contributed by atoms with Crippen LogP contribution in [-0.2, 0) is 16.1 Å². The molecule has 1 N–H and O–H groups in total. The molecule has 1 aromatic carbocycles. The summed E-state index contributed by atoms with van der Waals surface area (Å²) in [5, 5.41) is 7.27. The summed E-state index contributed by atoms with van der Waals surface area (Å²) in [5.74, 6) is 0.289. The molecule has 7 nitrogen and oxygen atoms in total. The van der Waals surface area contributed by atoms with Crippen molar-refractivity contribution in [3.63, 3.8) is 0 Å². The highest BCUT2D eigenvalue weighted by Gasteiger charge is 2.29. The van der Waals surface area contributed by atoms with E-state index >= 15 is 0 Å². The van der Waals surface area contributed by atoms with Gasteiger partial charge in [0.1, 0.15) is 5.82 Å². The number of nitrogens with one attached hydrogen (secondary N) is 1. The number of likely N-dealkylation sites (tertiary alicyclic amines) is 1. The van der Waals surface area contributed by atoms with Crippen LogP contribution in [0.15, 0.2) is 41.0 Å². The van der Waals surface area contributed by atoms with Crippen molar-refractivity contribution in [1.29, 1.82) is 0 Å². The van der Waals surface area contributed by atoms with Gasteiger partial charge < -0.3 is 15.0 Å². The van der Waals surface area contributed by atoms with Crippen LogP contribution in [0.3, 0.4) is 0 Å². The van der Waals surface area contributed by atoms with Gasteiger partial charge in [-0.05, 0) is 31.4 Å². The molecule has 1 atom stereocenters. The van der Waals surface area contributed by atoms with E-state index in [9.17, 15) is 9.59 Å². The standard InChI is InChI=1S/C19H23BrN4O3/c1-2-27-19(26)23-11-5-7-15(12-23)18(25)22-17-9-10-21-24(17)13-14-6-3-4-8-16(14)20/h3-4,6,8-10,15H,2,5,7,11-13H2,1H3,(H,22,25). The van der Waals surface area contributed by atoms with Crippen molar-refractivity contribution >= 4 is 33.7 Å². The van der Waals surface area contributed by atoms with Crippen molar-refractivity contribution in [3.05, 3.63) is 46.6 Å². The number of anilines is 1.